The standard InChI is InChI=1S/C15H11NS3/c1-2-17-15-16-13-9-8-12(10-14(13)19-15)18-11-6-4-3-5-7-11/h2-10H,1H2. The quantitative estimate of drug-likeness (QED) is 0.575. The van der Waals surface area contributed by atoms with Crippen molar-refractivity contribution in [2.45, 2.75) is 14.1 Å². The predicted molar refractivity (Wildman–Crippen MR) is 86.2 cm³/mol. The number of thiazole rings is 1. The van der Waals surface area contributed by atoms with E-state index in [0.717, 1.165) is 9.86 Å². The van der Waals surface area contributed by atoms with Crippen molar-refractivity contribution >= 4 is 45.1 Å². The maximum absolute atomic E-state index is 4.55. The zero-order valence-corrected chi connectivity index (χ0v) is 12.5. The van der Waals surface area contributed by atoms with Crippen LogP contribution in [0.2, 0.25) is 0 Å². The molecule has 0 saturated carbocycles. The average Bonchev–Trinajstić information content (AvgIpc) is 2.82. The van der Waals surface area contributed by atoms with E-state index in [1.807, 2.05) is 11.5 Å². The monoisotopic (exact) mass is 301 g/mol. The first kappa shape index (κ1) is 12.8. The van der Waals surface area contributed by atoms with Crippen molar-refractivity contribution < 1.29 is 0 Å². The SMILES string of the molecule is C=CSc1nc2ccc(Sc3ccccc3)cc2s1. The molecule has 2 aromatic carbocycles. The second-order valence-corrected chi connectivity index (χ2v) is 7.20. The summed E-state index contributed by atoms with van der Waals surface area (Å²) >= 11 is 5.07. The van der Waals surface area contributed by atoms with Gasteiger partial charge in [-0.05, 0) is 35.7 Å². The Bertz CT molecular complexity index is 704. The molecule has 0 aliphatic heterocycles. The Morgan fingerprint density at radius 1 is 1.05 bits per heavy atom. The molecule has 3 aromatic rings. The Morgan fingerprint density at radius 3 is 2.68 bits per heavy atom. The van der Waals surface area contributed by atoms with Crippen LogP contribution in [0.5, 0.6) is 0 Å². The van der Waals surface area contributed by atoms with E-state index < -0.39 is 0 Å². The van der Waals surface area contributed by atoms with Gasteiger partial charge in [0.2, 0.25) is 0 Å². The molecular formula is C15H11NS3. The van der Waals surface area contributed by atoms with E-state index in [2.05, 4.69) is 54.0 Å². The highest BCUT2D eigenvalue weighted by atomic mass is 32.2. The van der Waals surface area contributed by atoms with Crippen molar-refractivity contribution in [3.8, 4) is 0 Å². The predicted octanol–water partition coefficient (Wildman–Crippen LogP) is 5.68. The third-order valence-corrected chi connectivity index (χ3v) is 5.31. The Balaban J connectivity index is 1.90. The van der Waals surface area contributed by atoms with E-state index >= 15 is 0 Å². The maximum Gasteiger partial charge on any atom is 0.155 e. The Kier molecular flexibility index (Phi) is 3.92. The van der Waals surface area contributed by atoms with Gasteiger partial charge in [0, 0.05) is 9.79 Å². The fourth-order valence-corrected chi connectivity index (χ4v) is 4.34. The average molecular weight is 301 g/mol. The van der Waals surface area contributed by atoms with Crippen molar-refractivity contribution in [3.63, 3.8) is 0 Å². The van der Waals surface area contributed by atoms with Crippen molar-refractivity contribution in [3.05, 3.63) is 60.5 Å². The number of benzene rings is 2. The van der Waals surface area contributed by atoms with E-state index in [1.54, 1.807) is 34.9 Å². The van der Waals surface area contributed by atoms with Gasteiger partial charge in [0.05, 0.1) is 10.2 Å². The second-order valence-electron chi connectivity index (χ2n) is 3.81. The third kappa shape index (κ3) is 3.03. The van der Waals surface area contributed by atoms with Crippen molar-refractivity contribution in [1.82, 2.24) is 4.98 Å². The molecule has 3 rings (SSSR count). The summed E-state index contributed by atoms with van der Waals surface area (Å²) in [6.45, 7) is 3.73. The van der Waals surface area contributed by atoms with Crippen molar-refractivity contribution in [2.75, 3.05) is 0 Å². The van der Waals surface area contributed by atoms with Crippen LogP contribution in [-0.4, -0.2) is 4.98 Å². The second kappa shape index (κ2) is 5.82. The summed E-state index contributed by atoms with van der Waals surface area (Å²) in [6.07, 6.45) is 0. The lowest BCUT2D eigenvalue weighted by Gasteiger charge is -2.00. The van der Waals surface area contributed by atoms with Gasteiger partial charge in [-0.15, -0.1) is 11.3 Å². The zero-order valence-electron chi connectivity index (χ0n) is 10.1. The summed E-state index contributed by atoms with van der Waals surface area (Å²) in [4.78, 5) is 7.06. The highest BCUT2D eigenvalue weighted by Gasteiger charge is 2.05. The normalized spacial score (nSPS) is 10.7. The van der Waals surface area contributed by atoms with Crippen molar-refractivity contribution in [2.24, 2.45) is 0 Å². The molecule has 1 heterocycles. The largest absolute Gasteiger partial charge is 0.229 e. The Labute approximate surface area is 124 Å². The number of nitrogens with zero attached hydrogens (tertiary/aromatic N) is 1. The molecule has 0 saturated heterocycles. The molecule has 0 fully saturated rings. The lowest BCUT2D eigenvalue weighted by molar-refractivity contribution is 1.30. The van der Waals surface area contributed by atoms with E-state index in [-0.39, 0.29) is 0 Å². The number of aromatic nitrogens is 1. The van der Waals surface area contributed by atoms with Gasteiger partial charge in [-0.25, -0.2) is 4.98 Å². The molecule has 4 heteroatoms. The van der Waals surface area contributed by atoms with E-state index in [1.165, 1.54) is 14.5 Å². The van der Waals surface area contributed by atoms with Gasteiger partial charge in [-0.1, -0.05) is 48.3 Å². The molecule has 1 nitrogen and oxygen atoms in total. The highest BCUT2D eigenvalue weighted by molar-refractivity contribution is 8.03. The van der Waals surface area contributed by atoms with Gasteiger partial charge in [-0.2, -0.15) is 0 Å². The van der Waals surface area contributed by atoms with E-state index in [0.29, 0.717) is 0 Å². The molecule has 1 aromatic heterocycles. The van der Waals surface area contributed by atoms with Crippen LogP contribution < -0.4 is 0 Å². The van der Waals surface area contributed by atoms with E-state index in [9.17, 15) is 0 Å². The topological polar surface area (TPSA) is 12.9 Å². The minimum atomic E-state index is 1.05. The Hall–Kier alpha value is -1.23. The molecular weight excluding hydrogens is 290 g/mol. The first-order valence-electron chi connectivity index (χ1n) is 5.76. The fraction of sp³-hybridized carbons (Fsp3) is 0. The molecule has 0 atom stereocenters. The van der Waals surface area contributed by atoms with E-state index in [4.69, 9.17) is 0 Å². The van der Waals surface area contributed by atoms with Gasteiger partial charge in [0.25, 0.3) is 0 Å². The molecule has 0 N–H and O–H groups in total. The van der Waals surface area contributed by atoms with Crippen LogP contribution in [0.25, 0.3) is 10.2 Å². The number of rotatable bonds is 4. The van der Waals surface area contributed by atoms with Crippen LogP contribution in [0.3, 0.4) is 0 Å². The molecule has 0 aliphatic carbocycles. The number of hydrogen-bond donors (Lipinski definition) is 0. The summed E-state index contributed by atoms with van der Waals surface area (Å²) < 4.78 is 2.28. The molecule has 0 amide bonds. The minimum absolute atomic E-state index is 1.05. The minimum Gasteiger partial charge on any atom is -0.229 e. The van der Waals surface area contributed by atoms with Crippen LogP contribution in [-0.2, 0) is 0 Å². The van der Waals surface area contributed by atoms with Crippen LogP contribution in [0.1, 0.15) is 0 Å². The summed E-state index contributed by atoms with van der Waals surface area (Å²) in [5, 5.41) is 1.82. The van der Waals surface area contributed by atoms with Crippen LogP contribution in [0.15, 0.2) is 74.6 Å². The van der Waals surface area contributed by atoms with Crippen molar-refractivity contribution in [1.29, 1.82) is 0 Å². The molecule has 94 valence electrons. The van der Waals surface area contributed by atoms with Gasteiger partial charge < -0.3 is 0 Å². The fourth-order valence-electron chi connectivity index (χ4n) is 1.69. The summed E-state index contributed by atoms with van der Waals surface area (Å²) in [7, 11) is 0. The van der Waals surface area contributed by atoms with Crippen LogP contribution in [0, 0.1) is 0 Å². The summed E-state index contributed by atoms with van der Waals surface area (Å²) in [5.74, 6) is 0. The number of fused-ring (bicyclic) bond motifs is 1. The molecule has 0 spiro atoms. The molecule has 0 bridgehead atoms. The lowest BCUT2D eigenvalue weighted by atomic mass is 10.3. The first-order valence-corrected chi connectivity index (χ1v) is 8.27. The highest BCUT2D eigenvalue weighted by Crippen LogP contribution is 2.34. The molecule has 19 heavy (non-hydrogen) atoms. The first-order chi connectivity index (χ1) is 9.35. The smallest absolute Gasteiger partial charge is 0.155 e. The number of thioether (sulfide) groups is 1. The van der Waals surface area contributed by atoms with Crippen LogP contribution in [0.4, 0.5) is 0 Å². The van der Waals surface area contributed by atoms with Gasteiger partial charge in [0.1, 0.15) is 0 Å². The Morgan fingerprint density at radius 2 is 1.89 bits per heavy atom. The maximum atomic E-state index is 4.55. The van der Waals surface area contributed by atoms with Crippen LogP contribution >= 0.6 is 34.9 Å². The number of hydrogen-bond acceptors (Lipinski definition) is 4. The van der Waals surface area contributed by atoms with Gasteiger partial charge in [-0.3, -0.25) is 0 Å². The van der Waals surface area contributed by atoms with Gasteiger partial charge in [0.15, 0.2) is 4.34 Å². The molecule has 0 radical (unpaired) electrons. The molecule has 0 unspecified atom stereocenters. The third-order valence-electron chi connectivity index (χ3n) is 2.50. The lowest BCUT2D eigenvalue weighted by Crippen LogP contribution is -1.73. The van der Waals surface area contributed by atoms with Gasteiger partial charge >= 0.3 is 0 Å². The molecule has 0 aliphatic rings. The zero-order chi connectivity index (χ0) is 13.1. The summed E-state index contributed by atoms with van der Waals surface area (Å²) in [6, 6.07) is 16.8. The summed E-state index contributed by atoms with van der Waals surface area (Å²) in [5.41, 5.74) is 1.06.